The standard InChI is InChI=1S/C12H25NO3/c1-7-16-12(15)11(14)10(6)13(8(2)3)9(4)5/h8-11,14H,7H2,1-6H3/t10-,11+/m1/s1. The van der Waals surface area contributed by atoms with E-state index in [2.05, 4.69) is 4.90 Å². The number of ether oxygens (including phenoxy) is 1. The van der Waals surface area contributed by atoms with E-state index in [0.29, 0.717) is 6.61 Å². The van der Waals surface area contributed by atoms with Crippen molar-refractivity contribution in [1.29, 1.82) is 0 Å². The van der Waals surface area contributed by atoms with E-state index in [4.69, 9.17) is 4.74 Å². The van der Waals surface area contributed by atoms with E-state index in [-0.39, 0.29) is 18.1 Å². The summed E-state index contributed by atoms with van der Waals surface area (Å²) in [7, 11) is 0. The van der Waals surface area contributed by atoms with Crippen molar-refractivity contribution < 1.29 is 14.6 Å². The number of carbonyl (C=O) groups is 1. The highest BCUT2D eigenvalue weighted by Crippen LogP contribution is 2.14. The van der Waals surface area contributed by atoms with E-state index in [9.17, 15) is 9.90 Å². The summed E-state index contributed by atoms with van der Waals surface area (Å²) in [5.74, 6) is -0.540. The molecule has 0 bridgehead atoms. The highest BCUT2D eigenvalue weighted by atomic mass is 16.5. The van der Waals surface area contributed by atoms with Crippen molar-refractivity contribution in [2.75, 3.05) is 6.61 Å². The third kappa shape index (κ3) is 4.10. The van der Waals surface area contributed by atoms with Crippen LogP contribution in [-0.2, 0) is 9.53 Å². The molecule has 0 aromatic heterocycles. The average molecular weight is 231 g/mol. The summed E-state index contributed by atoms with van der Waals surface area (Å²) in [6, 6.07) is 0.317. The second-order valence-corrected chi connectivity index (χ2v) is 4.57. The number of aliphatic hydroxyl groups excluding tert-OH is 1. The number of aliphatic hydroxyl groups is 1. The molecule has 2 atom stereocenters. The molecule has 1 N–H and O–H groups in total. The fourth-order valence-electron chi connectivity index (χ4n) is 2.12. The molecule has 0 aliphatic rings. The Labute approximate surface area is 98.6 Å². The number of carbonyl (C=O) groups excluding carboxylic acids is 1. The predicted octanol–water partition coefficient (Wildman–Crippen LogP) is 1.42. The van der Waals surface area contributed by atoms with Crippen molar-refractivity contribution >= 4 is 5.97 Å². The van der Waals surface area contributed by atoms with Gasteiger partial charge in [0.1, 0.15) is 0 Å². The Morgan fingerprint density at radius 1 is 1.19 bits per heavy atom. The minimum atomic E-state index is -1.08. The molecule has 0 amide bonds. The van der Waals surface area contributed by atoms with E-state index < -0.39 is 12.1 Å². The number of hydrogen-bond acceptors (Lipinski definition) is 4. The van der Waals surface area contributed by atoms with Gasteiger partial charge in [-0.2, -0.15) is 0 Å². The van der Waals surface area contributed by atoms with Crippen molar-refractivity contribution in [2.24, 2.45) is 0 Å². The van der Waals surface area contributed by atoms with E-state index in [0.717, 1.165) is 0 Å². The van der Waals surface area contributed by atoms with Gasteiger partial charge in [-0.25, -0.2) is 4.79 Å². The molecule has 4 nitrogen and oxygen atoms in total. The van der Waals surface area contributed by atoms with Gasteiger partial charge in [-0.05, 0) is 41.5 Å². The first-order valence-electron chi connectivity index (χ1n) is 5.95. The van der Waals surface area contributed by atoms with Crippen LogP contribution in [0, 0.1) is 0 Å². The predicted molar refractivity (Wildman–Crippen MR) is 64.2 cm³/mol. The molecule has 0 aliphatic carbocycles. The van der Waals surface area contributed by atoms with Crippen LogP contribution in [0.3, 0.4) is 0 Å². The molecular weight excluding hydrogens is 206 g/mol. The molecule has 0 saturated carbocycles. The van der Waals surface area contributed by atoms with Gasteiger partial charge in [0.05, 0.1) is 6.61 Å². The zero-order valence-corrected chi connectivity index (χ0v) is 11.2. The lowest BCUT2D eigenvalue weighted by atomic mass is 10.1. The number of rotatable bonds is 6. The minimum Gasteiger partial charge on any atom is -0.464 e. The lowest BCUT2D eigenvalue weighted by Crippen LogP contribution is -2.51. The van der Waals surface area contributed by atoms with Crippen molar-refractivity contribution in [3.8, 4) is 0 Å². The van der Waals surface area contributed by atoms with Crippen molar-refractivity contribution in [3.63, 3.8) is 0 Å². The second-order valence-electron chi connectivity index (χ2n) is 4.57. The Bertz CT molecular complexity index is 208. The van der Waals surface area contributed by atoms with Crippen LogP contribution in [0.1, 0.15) is 41.5 Å². The lowest BCUT2D eigenvalue weighted by molar-refractivity contribution is -0.157. The Balaban J connectivity index is 4.60. The SMILES string of the molecule is CCOC(=O)[C@@H](O)[C@@H](C)N(C(C)C)C(C)C. The van der Waals surface area contributed by atoms with Gasteiger partial charge in [-0.1, -0.05) is 0 Å². The number of hydrogen-bond donors (Lipinski definition) is 1. The summed E-state index contributed by atoms with van der Waals surface area (Å²) in [5, 5.41) is 9.87. The van der Waals surface area contributed by atoms with Gasteiger partial charge in [0.25, 0.3) is 0 Å². The summed E-state index contributed by atoms with van der Waals surface area (Å²) in [5.41, 5.74) is 0. The third-order valence-electron chi connectivity index (χ3n) is 2.65. The minimum absolute atomic E-state index is 0.237. The van der Waals surface area contributed by atoms with Gasteiger partial charge in [0.2, 0.25) is 0 Å². The molecule has 0 spiro atoms. The molecule has 0 radical (unpaired) electrons. The molecule has 0 unspecified atom stereocenters. The number of nitrogens with zero attached hydrogens (tertiary/aromatic N) is 1. The van der Waals surface area contributed by atoms with Crippen LogP contribution in [0.25, 0.3) is 0 Å². The largest absolute Gasteiger partial charge is 0.464 e. The maximum absolute atomic E-state index is 11.4. The maximum atomic E-state index is 11.4. The second kappa shape index (κ2) is 6.86. The highest BCUT2D eigenvalue weighted by Gasteiger charge is 2.31. The molecule has 96 valence electrons. The van der Waals surface area contributed by atoms with Gasteiger partial charge in [0.15, 0.2) is 6.10 Å². The summed E-state index contributed by atoms with van der Waals surface area (Å²) in [6.07, 6.45) is -1.08. The smallest absolute Gasteiger partial charge is 0.336 e. The Morgan fingerprint density at radius 3 is 1.94 bits per heavy atom. The van der Waals surface area contributed by atoms with Crippen molar-refractivity contribution in [2.45, 2.75) is 65.8 Å². The molecule has 0 aromatic carbocycles. The van der Waals surface area contributed by atoms with Gasteiger partial charge >= 0.3 is 5.97 Å². The van der Waals surface area contributed by atoms with Crippen molar-refractivity contribution in [3.05, 3.63) is 0 Å². The molecule has 0 aliphatic heterocycles. The monoisotopic (exact) mass is 231 g/mol. The third-order valence-corrected chi connectivity index (χ3v) is 2.65. The fourth-order valence-corrected chi connectivity index (χ4v) is 2.12. The van der Waals surface area contributed by atoms with Crippen molar-refractivity contribution in [1.82, 2.24) is 4.90 Å². The maximum Gasteiger partial charge on any atom is 0.336 e. The van der Waals surface area contributed by atoms with Crippen LogP contribution < -0.4 is 0 Å². The van der Waals surface area contributed by atoms with Crippen LogP contribution in [0.15, 0.2) is 0 Å². The summed E-state index contributed by atoms with van der Waals surface area (Å²) in [4.78, 5) is 13.5. The van der Waals surface area contributed by atoms with Gasteiger partial charge in [-0.15, -0.1) is 0 Å². The van der Waals surface area contributed by atoms with Crippen LogP contribution in [0.5, 0.6) is 0 Å². The summed E-state index contributed by atoms with van der Waals surface area (Å²) < 4.78 is 4.82. The first-order valence-corrected chi connectivity index (χ1v) is 5.95. The molecular formula is C12H25NO3. The van der Waals surface area contributed by atoms with Crippen LogP contribution in [-0.4, -0.2) is 46.8 Å². The zero-order chi connectivity index (χ0) is 12.9. The zero-order valence-electron chi connectivity index (χ0n) is 11.2. The summed E-state index contributed by atoms with van der Waals surface area (Å²) in [6.45, 7) is 12.1. The van der Waals surface area contributed by atoms with Crippen LogP contribution in [0.4, 0.5) is 0 Å². The molecule has 0 rings (SSSR count). The number of esters is 1. The molecule has 0 fully saturated rings. The van der Waals surface area contributed by atoms with Gasteiger partial charge < -0.3 is 9.84 Å². The molecule has 16 heavy (non-hydrogen) atoms. The van der Waals surface area contributed by atoms with Gasteiger partial charge in [-0.3, -0.25) is 4.90 Å². The molecule has 4 heteroatoms. The first-order chi connectivity index (χ1) is 7.32. The van der Waals surface area contributed by atoms with E-state index in [1.54, 1.807) is 6.92 Å². The first kappa shape index (κ1) is 15.4. The van der Waals surface area contributed by atoms with Crippen LogP contribution in [0.2, 0.25) is 0 Å². The lowest BCUT2D eigenvalue weighted by Gasteiger charge is -2.37. The van der Waals surface area contributed by atoms with Crippen LogP contribution >= 0.6 is 0 Å². The van der Waals surface area contributed by atoms with Gasteiger partial charge in [0, 0.05) is 18.1 Å². The molecule has 0 aromatic rings. The summed E-state index contributed by atoms with van der Waals surface area (Å²) >= 11 is 0. The Morgan fingerprint density at radius 2 is 1.62 bits per heavy atom. The normalized spacial score (nSPS) is 15.6. The molecule has 0 saturated heterocycles. The molecule has 0 heterocycles. The van der Waals surface area contributed by atoms with E-state index in [1.165, 1.54) is 0 Å². The average Bonchev–Trinajstić information content (AvgIpc) is 2.15. The van der Waals surface area contributed by atoms with E-state index in [1.807, 2.05) is 34.6 Å². The highest BCUT2D eigenvalue weighted by molar-refractivity contribution is 5.75. The fraction of sp³-hybridized carbons (Fsp3) is 0.917. The van der Waals surface area contributed by atoms with E-state index >= 15 is 0 Å². The Kier molecular flexibility index (Phi) is 6.60. The quantitative estimate of drug-likeness (QED) is 0.702. The Hall–Kier alpha value is -0.610. The topological polar surface area (TPSA) is 49.8 Å².